The molecule has 1 aliphatic rings. The number of thiazole rings is 1. The highest BCUT2D eigenvalue weighted by molar-refractivity contribution is 7.07. The Hall–Kier alpha value is -4.69. The average Bonchev–Trinajstić information content (AvgIpc) is 3.49. The lowest BCUT2D eigenvalue weighted by molar-refractivity contribution is -0.139. The van der Waals surface area contributed by atoms with Crippen molar-refractivity contribution in [1.29, 1.82) is 0 Å². The molecule has 8 heteroatoms. The van der Waals surface area contributed by atoms with E-state index in [4.69, 9.17) is 14.5 Å². The van der Waals surface area contributed by atoms with E-state index in [1.807, 2.05) is 48.5 Å². The number of benzene rings is 3. The van der Waals surface area contributed by atoms with E-state index in [9.17, 15) is 9.59 Å². The smallest absolute Gasteiger partial charge is 0.338 e. The van der Waals surface area contributed by atoms with E-state index in [1.54, 1.807) is 25.5 Å². The maximum absolute atomic E-state index is 14.2. The molecule has 0 amide bonds. The van der Waals surface area contributed by atoms with Crippen molar-refractivity contribution in [3.8, 4) is 17.0 Å². The summed E-state index contributed by atoms with van der Waals surface area (Å²) in [7, 11) is 1.60. The number of H-pyrrole nitrogens is 1. The highest BCUT2D eigenvalue weighted by atomic mass is 32.1. The molecule has 1 N–H and O–H groups in total. The van der Waals surface area contributed by atoms with Gasteiger partial charge in [0.1, 0.15) is 5.75 Å². The topological polar surface area (TPSA) is 85.7 Å². The molecule has 0 unspecified atom stereocenters. The van der Waals surface area contributed by atoms with E-state index in [-0.39, 0.29) is 12.2 Å². The summed E-state index contributed by atoms with van der Waals surface area (Å²) in [6.07, 6.45) is 1.94. The Morgan fingerprint density at radius 1 is 1.07 bits per heavy atom. The van der Waals surface area contributed by atoms with Crippen molar-refractivity contribution in [2.45, 2.75) is 26.8 Å². The molecule has 0 bridgehead atoms. The van der Waals surface area contributed by atoms with E-state index in [2.05, 4.69) is 42.2 Å². The molecular formula is C33H29N3O4S. The molecule has 5 aromatic rings. The number of hydrogen-bond donors (Lipinski definition) is 1. The fourth-order valence-electron chi connectivity index (χ4n) is 5.33. The molecule has 0 saturated carbocycles. The van der Waals surface area contributed by atoms with Gasteiger partial charge in [0.2, 0.25) is 0 Å². The first-order valence-corrected chi connectivity index (χ1v) is 14.2. The molecule has 1 atom stereocenters. The maximum Gasteiger partial charge on any atom is 0.338 e. The first-order chi connectivity index (χ1) is 19.9. The molecule has 7 nitrogen and oxygen atoms in total. The number of aromatic nitrogens is 2. The Morgan fingerprint density at radius 2 is 1.83 bits per heavy atom. The summed E-state index contributed by atoms with van der Waals surface area (Å²) in [5.74, 6) is 0.199. The van der Waals surface area contributed by atoms with Crippen LogP contribution in [-0.4, -0.2) is 29.2 Å². The highest BCUT2D eigenvalue weighted by Gasteiger charge is 2.33. The second kappa shape index (κ2) is 10.7. The molecule has 0 spiro atoms. The van der Waals surface area contributed by atoms with Crippen molar-refractivity contribution < 1.29 is 14.3 Å². The van der Waals surface area contributed by atoms with E-state index >= 15 is 0 Å². The third-order valence-corrected chi connectivity index (χ3v) is 8.26. The van der Waals surface area contributed by atoms with Crippen LogP contribution in [0.1, 0.15) is 36.6 Å². The Balaban J connectivity index is 1.61. The van der Waals surface area contributed by atoms with Crippen LogP contribution < -0.4 is 19.6 Å². The summed E-state index contributed by atoms with van der Waals surface area (Å²) >= 11 is 1.32. The van der Waals surface area contributed by atoms with Crippen molar-refractivity contribution in [2.75, 3.05) is 13.7 Å². The summed E-state index contributed by atoms with van der Waals surface area (Å²) in [5.41, 5.74) is 6.44. The predicted octanol–water partition coefficient (Wildman–Crippen LogP) is 5.26. The van der Waals surface area contributed by atoms with Crippen LogP contribution in [0.3, 0.4) is 0 Å². The van der Waals surface area contributed by atoms with Crippen LogP contribution in [0.5, 0.6) is 5.75 Å². The number of aromatic amines is 1. The zero-order valence-electron chi connectivity index (χ0n) is 23.2. The van der Waals surface area contributed by atoms with Crippen LogP contribution in [0, 0.1) is 6.92 Å². The number of hydrogen-bond acceptors (Lipinski definition) is 6. The maximum atomic E-state index is 14.2. The minimum Gasteiger partial charge on any atom is -0.497 e. The van der Waals surface area contributed by atoms with Gasteiger partial charge in [-0.2, -0.15) is 0 Å². The third kappa shape index (κ3) is 4.70. The number of carbonyl (C=O) groups is 1. The number of nitrogens with zero attached hydrogens (tertiary/aromatic N) is 2. The van der Waals surface area contributed by atoms with Gasteiger partial charge in [-0.1, -0.05) is 65.4 Å². The fraction of sp³-hybridized carbons (Fsp3) is 0.182. The molecule has 6 rings (SSSR count). The molecule has 0 fully saturated rings. The summed E-state index contributed by atoms with van der Waals surface area (Å²) in [5, 5.41) is 1.03. The van der Waals surface area contributed by atoms with Crippen molar-refractivity contribution in [2.24, 2.45) is 4.99 Å². The van der Waals surface area contributed by atoms with E-state index in [1.165, 1.54) is 11.3 Å². The van der Waals surface area contributed by atoms with Gasteiger partial charge in [-0.3, -0.25) is 9.36 Å². The number of rotatable bonds is 6. The molecule has 206 valence electrons. The van der Waals surface area contributed by atoms with Gasteiger partial charge in [-0.15, -0.1) is 0 Å². The molecule has 2 aromatic heterocycles. The van der Waals surface area contributed by atoms with Gasteiger partial charge in [0.25, 0.3) is 5.56 Å². The van der Waals surface area contributed by atoms with Gasteiger partial charge < -0.3 is 14.5 Å². The standard InChI is InChI=1S/C33H29N3O4S/c1-5-40-32(38)28-20(3)34-33-36(30(28)22-12-14-23(39-4)15-13-22)31(37)27(41-33)18-25-24-17-19(2)11-16-26(24)35-29(25)21-9-7-6-8-10-21/h6-18,30,35H,5H2,1-4H3/b27-18+/t30-/m1/s1. The first-order valence-electron chi connectivity index (χ1n) is 13.4. The van der Waals surface area contributed by atoms with Crippen LogP contribution in [-0.2, 0) is 9.53 Å². The monoisotopic (exact) mass is 563 g/mol. The van der Waals surface area contributed by atoms with Crippen LogP contribution in [0.2, 0.25) is 0 Å². The second-order valence-electron chi connectivity index (χ2n) is 9.90. The Kier molecular flexibility index (Phi) is 6.93. The fourth-order valence-corrected chi connectivity index (χ4v) is 6.36. The molecule has 0 aliphatic carbocycles. The van der Waals surface area contributed by atoms with Gasteiger partial charge in [-0.25, -0.2) is 9.79 Å². The second-order valence-corrected chi connectivity index (χ2v) is 10.9. The number of nitrogens with one attached hydrogen (secondary N) is 1. The molecule has 0 saturated heterocycles. The van der Waals surface area contributed by atoms with Crippen molar-refractivity contribution in [1.82, 2.24) is 9.55 Å². The highest BCUT2D eigenvalue weighted by Crippen LogP contribution is 2.33. The van der Waals surface area contributed by atoms with E-state index < -0.39 is 12.0 Å². The number of methoxy groups -OCH3 is 1. The van der Waals surface area contributed by atoms with Crippen molar-refractivity contribution in [3.63, 3.8) is 0 Å². The minimum absolute atomic E-state index is 0.218. The summed E-state index contributed by atoms with van der Waals surface area (Å²) in [6.45, 7) is 5.83. The van der Waals surface area contributed by atoms with E-state index in [0.717, 1.165) is 38.9 Å². The van der Waals surface area contributed by atoms with Crippen molar-refractivity contribution >= 4 is 34.3 Å². The normalized spacial score (nSPS) is 15.1. The van der Waals surface area contributed by atoms with Crippen LogP contribution in [0.4, 0.5) is 0 Å². The number of esters is 1. The SMILES string of the molecule is CCOC(=O)C1=C(C)N=c2s/c(=C/c3c(-c4ccccc4)[nH]c4ccc(C)cc34)c(=O)n2[C@@H]1c1ccc(OC)cc1. The van der Waals surface area contributed by atoms with E-state index in [0.29, 0.717) is 26.4 Å². The van der Waals surface area contributed by atoms with Crippen molar-refractivity contribution in [3.05, 3.63) is 120 Å². The van der Waals surface area contributed by atoms with Crippen LogP contribution >= 0.6 is 11.3 Å². The first kappa shape index (κ1) is 26.5. The zero-order chi connectivity index (χ0) is 28.7. The number of carbonyl (C=O) groups excluding carboxylic acids is 1. The average molecular weight is 564 g/mol. The van der Waals surface area contributed by atoms with Gasteiger partial charge in [0.05, 0.1) is 41.3 Å². The van der Waals surface area contributed by atoms with Gasteiger partial charge in [-0.05, 0) is 62.2 Å². The number of aryl methyl sites for hydroxylation is 1. The van der Waals surface area contributed by atoms with Gasteiger partial charge in [0, 0.05) is 16.5 Å². The molecule has 3 heterocycles. The largest absolute Gasteiger partial charge is 0.497 e. The Bertz CT molecular complexity index is 2000. The van der Waals surface area contributed by atoms with Gasteiger partial charge in [0.15, 0.2) is 4.80 Å². The molecule has 0 radical (unpaired) electrons. The molecular weight excluding hydrogens is 534 g/mol. The number of fused-ring (bicyclic) bond motifs is 2. The summed E-state index contributed by atoms with van der Waals surface area (Å²) in [6, 6.07) is 23.0. The third-order valence-electron chi connectivity index (χ3n) is 7.28. The molecule has 1 aliphatic heterocycles. The number of ether oxygens (including phenoxy) is 2. The zero-order valence-corrected chi connectivity index (χ0v) is 24.0. The van der Waals surface area contributed by atoms with Gasteiger partial charge >= 0.3 is 5.97 Å². The lowest BCUT2D eigenvalue weighted by atomic mass is 9.96. The Labute approximate surface area is 240 Å². The molecule has 41 heavy (non-hydrogen) atoms. The Morgan fingerprint density at radius 3 is 2.54 bits per heavy atom. The number of allylic oxidation sites excluding steroid dienone is 1. The molecule has 3 aromatic carbocycles. The lowest BCUT2D eigenvalue weighted by Gasteiger charge is -2.24. The predicted molar refractivity (Wildman–Crippen MR) is 162 cm³/mol. The lowest BCUT2D eigenvalue weighted by Crippen LogP contribution is -2.39. The minimum atomic E-state index is -0.683. The van der Waals surface area contributed by atoms with Crippen LogP contribution in [0.15, 0.2) is 93.9 Å². The quantitative estimate of drug-likeness (QED) is 0.286. The summed E-state index contributed by atoms with van der Waals surface area (Å²) < 4.78 is 12.9. The summed E-state index contributed by atoms with van der Waals surface area (Å²) in [4.78, 5) is 36.2. The van der Waals surface area contributed by atoms with Crippen LogP contribution in [0.25, 0.3) is 28.2 Å².